The summed E-state index contributed by atoms with van der Waals surface area (Å²) in [5.74, 6) is -3.11. The van der Waals surface area contributed by atoms with E-state index < -0.39 is 29.4 Å². The Bertz CT molecular complexity index is 482. The molecule has 0 radical (unpaired) electrons. The lowest BCUT2D eigenvalue weighted by molar-refractivity contribution is -0.149. The maximum atomic E-state index is 11.7. The number of carbonyl (C=O) groups excluding carboxylic acids is 4. The molecular formula is C18H28O7. The lowest BCUT2D eigenvalue weighted by atomic mass is 10.0. The zero-order chi connectivity index (χ0) is 19.2. The van der Waals surface area contributed by atoms with Crippen LogP contribution in [0.4, 0.5) is 0 Å². The Morgan fingerprint density at radius 3 is 1.88 bits per heavy atom. The van der Waals surface area contributed by atoms with Crippen molar-refractivity contribution in [2.24, 2.45) is 0 Å². The topological polar surface area (TPSA) is 126 Å². The van der Waals surface area contributed by atoms with Crippen LogP contribution in [0.1, 0.15) is 77.6 Å². The first-order valence-electron chi connectivity index (χ1n) is 8.79. The van der Waals surface area contributed by atoms with Gasteiger partial charge in [0.05, 0.1) is 6.10 Å². The van der Waals surface area contributed by atoms with Gasteiger partial charge >= 0.3 is 5.97 Å². The molecule has 0 saturated heterocycles. The molecule has 0 aromatic rings. The Morgan fingerprint density at radius 1 is 0.760 bits per heavy atom. The van der Waals surface area contributed by atoms with E-state index in [0.717, 1.165) is 6.42 Å². The van der Waals surface area contributed by atoms with Gasteiger partial charge < -0.3 is 10.2 Å². The largest absolute Gasteiger partial charge is 0.476 e. The van der Waals surface area contributed by atoms with E-state index in [4.69, 9.17) is 5.11 Å². The zero-order valence-corrected chi connectivity index (χ0v) is 14.8. The van der Waals surface area contributed by atoms with E-state index in [1.807, 2.05) is 0 Å². The van der Waals surface area contributed by atoms with Crippen molar-refractivity contribution in [3.63, 3.8) is 0 Å². The number of aliphatic carboxylic acids is 1. The van der Waals surface area contributed by atoms with Crippen LogP contribution in [0.25, 0.3) is 0 Å². The number of hydrogen-bond donors (Lipinski definition) is 2. The maximum Gasteiger partial charge on any atom is 0.372 e. The molecule has 0 fully saturated rings. The smallest absolute Gasteiger partial charge is 0.372 e. The van der Waals surface area contributed by atoms with Crippen molar-refractivity contribution in [1.82, 2.24) is 0 Å². The van der Waals surface area contributed by atoms with Crippen LogP contribution in [0.3, 0.4) is 0 Å². The molecule has 142 valence electrons. The molecule has 0 saturated carbocycles. The predicted molar refractivity (Wildman–Crippen MR) is 90.1 cm³/mol. The van der Waals surface area contributed by atoms with Crippen LogP contribution in [-0.2, 0) is 24.0 Å². The summed E-state index contributed by atoms with van der Waals surface area (Å²) in [6, 6.07) is 0. The Labute approximate surface area is 147 Å². The van der Waals surface area contributed by atoms with Gasteiger partial charge in [0.25, 0.3) is 0 Å². The summed E-state index contributed by atoms with van der Waals surface area (Å²) in [5, 5.41) is 18.2. The molecule has 0 spiro atoms. The second-order valence-corrected chi connectivity index (χ2v) is 6.13. The van der Waals surface area contributed by atoms with Crippen LogP contribution in [-0.4, -0.2) is 45.4 Å². The molecule has 7 nitrogen and oxygen atoms in total. The van der Waals surface area contributed by atoms with Crippen LogP contribution in [0.5, 0.6) is 0 Å². The number of aliphatic hydroxyl groups is 1. The van der Waals surface area contributed by atoms with Gasteiger partial charge in [-0.15, -0.1) is 0 Å². The highest BCUT2D eigenvalue weighted by Crippen LogP contribution is 2.11. The number of rotatable bonds is 16. The van der Waals surface area contributed by atoms with E-state index in [1.165, 1.54) is 0 Å². The Kier molecular flexibility index (Phi) is 12.4. The SMILES string of the molecule is CCC(=O)C(=O)CCCC(O)CC(=O)CCCCCCC(=O)C(=O)O. The maximum absolute atomic E-state index is 11.7. The third-order valence-electron chi connectivity index (χ3n) is 3.88. The van der Waals surface area contributed by atoms with Crippen LogP contribution in [0.2, 0.25) is 0 Å². The van der Waals surface area contributed by atoms with Gasteiger partial charge in [-0.05, 0) is 25.7 Å². The summed E-state index contributed by atoms with van der Waals surface area (Å²) in [7, 11) is 0. The summed E-state index contributed by atoms with van der Waals surface area (Å²) < 4.78 is 0. The molecule has 0 aliphatic rings. The molecule has 0 aliphatic carbocycles. The second kappa shape index (κ2) is 13.4. The van der Waals surface area contributed by atoms with Gasteiger partial charge in [0, 0.05) is 32.1 Å². The molecular weight excluding hydrogens is 328 g/mol. The van der Waals surface area contributed by atoms with Gasteiger partial charge in [-0.2, -0.15) is 0 Å². The summed E-state index contributed by atoms with van der Waals surface area (Å²) in [4.78, 5) is 55.4. The Hall–Kier alpha value is -1.89. The fourth-order valence-electron chi connectivity index (χ4n) is 2.37. The lowest BCUT2D eigenvalue weighted by Gasteiger charge is -2.09. The lowest BCUT2D eigenvalue weighted by Crippen LogP contribution is -2.16. The molecule has 0 rings (SSSR count). The summed E-state index contributed by atoms with van der Waals surface area (Å²) in [5.41, 5.74) is 0. The quantitative estimate of drug-likeness (QED) is 0.320. The van der Waals surface area contributed by atoms with Crippen LogP contribution >= 0.6 is 0 Å². The molecule has 0 aliphatic heterocycles. The first kappa shape index (κ1) is 23.1. The average molecular weight is 356 g/mol. The van der Waals surface area contributed by atoms with Gasteiger partial charge in [-0.1, -0.05) is 19.8 Å². The molecule has 1 atom stereocenters. The minimum absolute atomic E-state index is 0.0151. The van der Waals surface area contributed by atoms with Crippen molar-refractivity contribution in [3.05, 3.63) is 0 Å². The third-order valence-corrected chi connectivity index (χ3v) is 3.88. The Morgan fingerprint density at radius 2 is 1.32 bits per heavy atom. The van der Waals surface area contributed by atoms with Gasteiger partial charge in [-0.3, -0.25) is 19.2 Å². The number of unbranched alkanes of at least 4 members (excludes halogenated alkanes) is 3. The molecule has 25 heavy (non-hydrogen) atoms. The van der Waals surface area contributed by atoms with E-state index in [0.29, 0.717) is 38.5 Å². The van der Waals surface area contributed by atoms with Gasteiger partial charge in [0.15, 0.2) is 11.6 Å². The standard InChI is InChI=1S/C18H28O7/c1-2-15(21)16(22)11-7-9-14(20)12-13(19)8-5-3-4-6-10-17(23)18(24)25/h14,20H,2-12H2,1H3,(H,24,25). The van der Waals surface area contributed by atoms with Crippen LogP contribution in [0, 0.1) is 0 Å². The van der Waals surface area contributed by atoms with Crippen LogP contribution in [0.15, 0.2) is 0 Å². The van der Waals surface area contributed by atoms with Gasteiger partial charge in [0.1, 0.15) is 5.78 Å². The molecule has 0 aromatic heterocycles. The number of aliphatic hydroxyl groups excluding tert-OH is 1. The Balaban J connectivity index is 3.68. The molecule has 0 heterocycles. The van der Waals surface area contributed by atoms with Crippen molar-refractivity contribution >= 4 is 29.1 Å². The van der Waals surface area contributed by atoms with E-state index in [2.05, 4.69) is 0 Å². The number of carboxylic acids is 1. The van der Waals surface area contributed by atoms with E-state index in [-0.39, 0.29) is 31.5 Å². The second-order valence-electron chi connectivity index (χ2n) is 6.13. The minimum Gasteiger partial charge on any atom is -0.476 e. The predicted octanol–water partition coefficient (Wildman–Crippen LogP) is 2.02. The molecule has 0 amide bonds. The fourth-order valence-corrected chi connectivity index (χ4v) is 2.37. The van der Waals surface area contributed by atoms with Crippen molar-refractivity contribution in [2.45, 2.75) is 83.7 Å². The monoisotopic (exact) mass is 356 g/mol. The van der Waals surface area contributed by atoms with Crippen molar-refractivity contribution in [3.8, 4) is 0 Å². The summed E-state index contributed by atoms with van der Waals surface area (Å²) in [6.45, 7) is 1.62. The molecule has 2 N–H and O–H groups in total. The summed E-state index contributed by atoms with van der Waals surface area (Å²) in [6.07, 6.45) is 3.10. The molecule has 0 aromatic carbocycles. The van der Waals surface area contributed by atoms with Crippen molar-refractivity contribution in [1.29, 1.82) is 0 Å². The highest BCUT2D eigenvalue weighted by atomic mass is 16.4. The fraction of sp³-hybridized carbons (Fsp3) is 0.722. The number of Topliss-reactive ketones (excluding diaryl/α,β-unsaturated/α-hetero) is 4. The van der Waals surface area contributed by atoms with Crippen LogP contribution < -0.4 is 0 Å². The number of carbonyl (C=O) groups is 5. The highest BCUT2D eigenvalue weighted by Gasteiger charge is 2.14. The number of carboxylic acid groups (broad SMARTS) is 1. The number of hydrogen-bond acceptors (Lipinski definition) is 6. The average Bonchev–Trinajstić information content (AvgIpc) is 2.56. The normalized spacial score (nSPS) is 11.8. The van der Waals surface area contributed by atoms with E-state index in [9.17, 15) is 29.1 Å². The first-order chi connectivity index (χ1) is 11.8. The van der Waals surface area contributed by atoms with Gasteiger partial charge in [0.2, 0.25) is 5.78 Å². The number of ketones is 4. The molecule has 7 heteroatoms. The van der Waals surface area contributed by atoms with Crippen molar-refractivity contribution < 1.29 is 34.2 Å². The first-order valence-corrected chi connectivity index (χ1v) is 8.79. The zero-order valence-electron chi connectivity index (χ0n) is 14.8. The highest BCUT2D eigenvalue weighted by molar-refractivity contribution is 6.37. The minimum atomic E-state index is -1.41. The molecule has 0 bridgehead atoms. The van der Waals surface area contributed by atoms with Gasteiger partial charge in [-0.25, -0.2) is 4.79 Å². The van der Waals surface area contributed by atoms with E-state index in [1.54, 1.807) is 6.92 Å². The molecule has 1 unspecified atom stereocenters. The summed E-state index contributed by atoms with van der Waals surface area (Å²) >= 11 is 0. The van der Waals surface area contributed by atoms with E-state index >= 15 is 0 Å². The van der Waals surface area contributed by atoms with Crippen molar-refractivity contribution in [2.75, 3.05) is 0 Å². The third kappa shape index (κ3) is 12.2.